The minimum absolute atomic E-state index is 0.164. The Hall–Kier alpha value is -2.41. The van der Waals surface area contributed by atoms with Gasteiger partial charge in [-0.25, -0.2) is 8.42 Å². The second-order valence-electron chi connectivity index (χ2n) is 5.75. The number of rotatable bonds is 8. The summed E-state index contributed by atoms with van der Waals surface area (Å²) in [5.74, 6) is -0.164. The van der Waals surface area contributed by atoms with Gasteiger partial charge in [0.25, 0.3) is 0 Å². The zero-order valence-corrected chi connectivity index (χ0v) is 15.3. The molecule has 1 heterocycles. The van der Waals surface area contributed by atoms with Gasteiger partial charge in [0.1, 0.15) is 0 Å². The molecule has 0 aliphatic carbocycles. The molecule has 7 heteroatoms. The zero-order valence-electron chi connectivity index (χ0n) is 14.5. The maximum Gasteiger partial charge on any atom is 0.232 e. The van der Waals surface area contributed by atoms with Crippen LogP contribution in [0.3, 0.4) is 0 Å². The molecule has 0 aliphatic rings. The van der Waals surface area contributed by atoms with Gasteiger partial charge in [-0.1, -0.05) is 19.1 Å². The van der Waals surface area contributed by atoms with Crippen LogP contribution in [0.15, 0.2) is 48.8 Å². The number of carbonyl (C=O) groups is 1. The molecule has 2 rings (SSSR count). The summed E-state index contributed by atoms with van der Waals surface area (Å²) in [6.45, 7) is 2.30. The van der Waals surface area contributed by atoms with Crippen LogP contribution in [-0.4, -0.2) is 32.1 Å². The van der Waals surface area contributed by atoms with E-state index in [0.717, 1.165) is 12.0 Å². The third kappa shape index (κ3) is 5.86. The van der Waals surface area contributed by atoms with Gasteiger partial charge in [0, 0.05) is 19.2 Å². The van der Waals surface area contributed by atoms with E-state index in [1.807, 2.05) is 19.1 Å². The molecule has 0 spiro atoms. The molecule has 0 bridgehead atoms. The molecular weight excluding hydrogens is 338 g/mol. The van der Waals surface area contributed by atoms with Crippen molar-refractivity contribution in [3.63, 3.8) is 0 Å². The summed E-state index contributed by atoms with van der Waals surface area (Å²) in [7, 11) is -3.40. The van der Waals surface area contributed by atoms with Crippen molar-refractivity contribution in [2.24, 2.45) is 0 Å². The molecule has 134 valence electrons. The highest BCUT2D eigenvalue weighted by atomic mass is 32.2. The van der Waals surface area contributed by atoms with Crippen LogP contribution in [0.25, 0.3) is 0 Å². The van der Waals surface area contributed by atoms with Crippen LogP contribution in [0.4, 0.5) is 11.4 Å². The zero-order chi connectivity index (χ0) is 18.3. The van der Waals surface area contributed by atoms with Crippen molar-refractivity contribution in [1.29, 1.82) is 0 Å². The average molecular weight is 361 g/mol. The van der Waals surface area contributed by atoms with E-state index in [-0.39, 0.29) is 18.9 Å². The SMILES string of the molecule is CCc1ccc(N(CCCC(=O)Nc2cccnc2)S(C)(=O)=O)cc1. The Balaban J connectivity index is 1.95. The number of aryl methyl sites for hydroxylation is 1. The van der Waals surface area contributed by atoms with Crippen molar-refractivity contribution in [3.05, 3.63) is 54.4 Å². The number of benzene rings is 1. The molecule has 6 nitrogen and oxygen atoms in total. The number of nitrogens with one attached hydrogen (secondary N) is 1. The fraction of sp³-hybridized carbons (Fsp3) is 0.333. The first-order valence-corrected chi connectivity index (χ1v) is 10.0. The van der Waals surface area contributed by atoms with E-state index in [1.165, 1.54) is 10.6 Å². The van der Waals surface area contributed by atoms with Gasteiger partial charge in [0.2, 0.25) is 15.9 Å². The van der Waals surface area contributed by atoms with E-state index in [9.17, 15) is 13.2 Å². The lowest BCUT2D eigenvalue weighted by atomic mass is 10.1. The smallest absolute Gasteiger partial charge is 0.232 e. The Morgan fingerprint density at radius 3 is 2.48 bits per heavy atom. The number of sulfonamides is 1. The van der Waals surface area contributed by atoms with Crippen molar-refractivity contribution in [2.75, 3.05) is 22.4 Å². The predicted octanol–water partition coefficient (Wildman–Crippen LogP) is 2.83. The highest BCUT2D eigenvalue weighted by Crippen LogP contribution is 2.19. The van der Waals surface area contributed by atoms with Crippen LogP contribution in [0.1, 0.15) is 25.3 Å². The Kier molecular flexibility index (Phi) is 6.52. The Morgan fingerprint density at radius 1 is 1.20 bits per heavy atom. The summed E-state index contributed by atoms with van der Waals surface area (Å²) < 4.78 is 25.5. The van der Waals surface area contributed by atoms with Crippen LogP contribution < -0.4 is 9.62 Å². The Morgan fingerprint density at radius 2 is 1.92 bits per heavy atom. The van der Waals surface area contributed by atoms with Crippen molar-refractivity contribution in [3.8, 4) is 0 Å². The molecule has 0 atom stereocenters. The Bertz CT molecular complexity index is 790. The number of hydrogen-bond donors (Lipinski definition) is 1. The number of anilines is 2. The van der Waals surface area contributed by atoms with Gasteiger partial charge in [0.15, 0.2) is 0 Å². The molecular formula is C18H23N3O3S. The number of hydrogen-bond acceptors (Lipinski definition) is 4. The molecule has 1 aromatic carbocycles. The topological polar surface area (TPSA) is 79.4 Å². The normalized spacial score (nSPS) is 11.1. The van der Waals surface area contributed by atoms with E-state index in [0.29, 0.717) is 17.8 Å². The summed E-state index contributed by atoms with van der Waals surface area (Å²) in [5, 5.41) is 2.74. The van der Waals surface area contributed by atoms with E-state index < -0.39 is 10.0 Å². The number of amides is 1. The lowest BCUT2D eigenvalue weighted by molar-refractivity contribution is -0.116. The van der Waals surface area contributed by atoms with Crippen molar-refractivity contribution >= 4 is 27.3 Å². The van der Waals surface area contributed by atoms with E-state index in [2.05, 4.69) is 10.3 Å². The molecule has 1 amide bonds. The first-order chi connectivity index (χ1) is 11.9. The number of aromatic nitrogens is 1. The maximum atomic E-state index is 12.1. The summed E-state index contributed by atoms with van der Waals surface area (Å²) in [5.41, 5.74) is 2.39. The largest absolute Gasteiger partial charge is 0.325 e. The van der Waals surface area contributed by atoms with Crippen LogP contribution >= 0.6 is 0 Å². The van der Waals surface area contributed by atoms with Gasteiger partial charge in [-0.3, -0.25) is 14.1 Å². The molecule has 0 radical (unpaired) electrons. The van der Waals surface area contributed by atoms with E-state index >= 15 is 0 Å². The summed E-state index contributed by atoms with van der Waals surface area (Å²) in [6.07, 6.45) is 5.92. The van der Waals surface area contributed by atoms with Crippen LogP contribution in [0, 0.1) is 0 Å². The minimum Gasteiger partial charge on any atom is -0.325 e. The standard InChI is InChI=1S/C18H23N3O3S/c1-3-15-8-10-17(11-9-15)21(25(2,23)24)13-5-7-18(22)20-16-6-4-12-19-14-16/h4,6,8-12,14H,3,5,7,13H2,1-2H3,(H,20,22). The molecule has 1 N–H and O–H groups in total. The van der Waals surface area contributed by atoms with Gasteiger partial charge in [-0.15, -0.1) is 0 Å². The maximum absolute atomic E-state index is 12.1. The first-order valence-electron chi connectivity index (χ1n) is 8.16. The fourth-order valence-corrected chi connectivity index (χ4v) is 3.39. The van der Waals surface area contributed by atoms with Gasteiger partial charge in [-0.05, 0) is 42.7 Å². The van der Waals surface area contributed by atoms with Gasteiger partial charge in [0.05, 0.1) is 23.8 Å². The molecule has 0 saturated carbocycles. The van der Waals surface area contributed by atoms with Crippen molar-refractivity contribution in [1.82, 2.24) is 4.98 Å². The van der Waals surface area contributed by atoms with Crippen molar-refractivity contribution < 1.29 is 13.2 Å². The summed E-state index contributed by atoms with van der Waals surface area (Å²) >= 11 is 0. The third-order valence-electron chi connectivity index (χ3n) is 3.74. The highest BCUT2D eigenvalue weighted by molar-refractivity contribution is 7.92. The second kappa shape index (κ2) is 8.62. The van der Waals surface area contributed by atoms with Crippen LogP contribution in [-0.2, 0) is 21.2 Å². The lowest BCUT2D eigenvalue weighted by Crippen LogP contribution is -2.31. The first kappa shape index (κ1) is 18.9. The Labute approximate surface area is 148 Å². The number of pyridine rings is 1. The molecule has 0 fully saturated rings. The second-order valence-corrected chi connectivity index (χ2v) is 7.66. The van der Waals surface area contributed by atoms with Gasteiger partial charge >= 0.3 is 0 Å². The molecule has 2 aromatic rings. The predicted molar refractivity (Wildman–Crippen MR) is 100 cm³/mol. The molecule has 0 aliphatic heterocycles. The monoisotopic (exact) mass is 361 g/mol. The highest BCUT2D eigenvalue weighted by Gasteiger charge is 2.17. The van der Waals surface area contributed by atoms with Gasteiger partial charge < -0.3 is 5.32 Å². The van der Waals surface area contributed by atoms with E-state index in [4.69, 9.17) is 0 Å². The molecule has 0 saturated heterocycles. The average Bonchev–Trinajstić information content (AvgIpc) is 2.59. The number of nitrogens with zero attached hydrogens (tertiary/aromatic N) is 2. The van der Waals surface area contributed by atoms with Crippen molar-refractivity contribution in [2.45, 2.75) is 26.2 Å². The summed E-state index contributed by atoms with van der Waals surface area (Å²) in [6, 6.07) is 10.9. The number of carbonyl (C=O) groups excluding carboxylic acids is 1. The third-order valence-corrected chi connectivity index (χ3v) is 4.94. The minimum atomic E-state index is -3.40. The molecule has 0 unspecified atom stereocenters. The van der Waals surface area contributed by atoms with E-state index in [1.54, 1.807) is 36.7 Å². The molecule has 25 heavy (non-hydrogen) atoms. The summed E-state index contributed by atoms with van der Waals surface area (Å²) in [4.78, 5) is 15.9. The quantitative estimate of drug-likeness (QED) is 0.784. The van der Waals surface area contributed by atoms with Crippen LogP contribution in [0.5, 0.6) is 0 Å². The lowest BCUT2D eigenvalue weighted by Gasteiger charge is -2.22. The fourth-order valence-electron chi connectivity index (χ4n) is 2.43. The van der Waals surface area contributed by atoms with Crippen LogP contribution in [0.2, 0.25) is 0 Å². The molecule has 1 aromatic heterocycles. The van der Waals surface area contributed by atoms with Gasteiger partial charge in [-0.2, -0.15) is 0 Å².